The van der Waals surface area contributed by atoms with Crippen LogP contribution in [0.3, 0.4) is 0 Å². The molecule has 0 fully saturated rings. The monoisotopic (exact) mass is 268 g/mol. The minimum atomic E-state index is -4.27. The van der Waals surface area contributed by atoms with Crippen LogP contribution in [0.1, 0.15) is 30.1 Å². The predicted molar refractivity (Wildman–Crippen MR) is 59.9 cm³/mol. The fraction of sp³-hybridized carbons (Fsp3) is 0.700. The van der Waals surface area contributed by atoms with Crippen molar-refractivity contribution in [1.29, 1.82) is 0 Å². The van der Waals surface area contributed by atoms with E-state index in [1.807, 2.05) is 12.3 Å². The van der Waals surface area contributed by atoms with Crippen LogP contribution < -0.4 is 5.73 Å². The van der Waals surface area contributed by atoms with E-state index >= 15 is 0 Å². The highest BCUT2D eigenvalue weighted by molar-refractivity contribution is 7.09. The van der Waals surface area contributed by atoms with Crippen LogP contribution >= 0.6 is 11.3 Å². The number of thiazole rings is 1. The van der Waals surface area contributed by atoms with Gasteiger partial charge in [0.05, 0.1) is 17.3 Å². The highest BCUT2D eigenvalue weighted by Gasteiger charge is 2.27. The van der Waals surface area contributed by atoms with Gasteiger partial charge in [0.25, 0.3) is 0 Å². The molecule has 0 saturated carbocycles. The molecular formula is C10H15F3N2OS. The number of hydrogen-bond acceptors (Lipinski definition) is 4. The van der Waals surface area contributed by atoms with Crippen LogP contribution in [0.25, 0.3) is 0 Å². The number of nitrogens with two attached hydrogens (primary N) is 1. The molecule has 0 aliphatic heterocycles. The van der Waals surface area contributed by atoms with Crippen molar-refractivity contribution in [3.05, 3.63) is 16.1 Å². The number of rotatable bonds is 6. The van der Waals surface area contributed by atoms with E-state index in [-0.39, 0.29) is 12.6 Å². The fourth-order valence-corrected chi connectivity index (χ4v) is 2.01. The Morgan fingerprint density at radius 3 is 2.82 bits per heavy atom. The Bertz CT molecular complexity index is 341. The quantitative estimate of drug-likeness (QED) is 0.807. The zero-order valence-electron chi connectivity index (χ0n) is 9.46. The normalized spacial score (nSPS) is 13.9. The van der Waals surface area contributed by atoms with Crippen molar-refractivity contribution in [3.8, 4) is 0 Å². The van der Waals surface area contributed by atoms with Gasteiger partial charge in [0.15, 0.2) is 0 Å². The van der Waals surface area contributed by atoms with Gasteiger partial charge in [-0.2, -0.15) is 13.2 Å². The van der Waals surface area contributed by atoms with Crippen molar-refractivity contribution in [2.75, 3.05) is 13.2 Å². The van der Waals surface area contributed by atoms with Crippen molar-refractivity contribution in [2.45, 2.75) is 32.0 Å². The molecule has 7 heteroatoms. The van der Waals surface area contributed by atoms with Gasteiger partial charge in [0.1, 0.15) is 6.61 Å². The Kier molecular flexibility index (Phi) is 5.35. The Labute approximate surface area is 102 Å². The largest absolute Gasteiger partial charge is 0.411 e. The van der Waals surface area contributed by atoms with Crippen LogP contribution in [0.2, 0.25) is 0 Å². The number of hydrogen-bond donors (Lipinski definition) is 1. The second-order valence-electron chi connectivity index (χ2n) is 3.60. The van der Waals surface area contributed by atoms with Crippen molar-refractivity contribution in [1.82, 2.24) is 4.98 Å². The van der Waals surface area contributed by atoms with E-state index < -0.39 is 12.8 Å². The Hall–Kier alpha value is -0.660. The summed E-state index contributed by atoms with van der Waals surface area (Å²) in [5.74, 6) is 0. The van der Waals surface area contributed by atoms with E-state index in [0.717, 1.165) is 17.1 Å². The lowest BCUT2D eigenvalue weighted by atomic mass is 10.2. The van der Waals surface area contributed by atoms with Crippen molar-refractivity contribution in [2.24, 2.45) is 5.73 Å². The molecule has 1 unspecified atom stereocenters. The van der Waals surface area contributed by atoms with E-state index in [2.05, 4.69) is 9.72 Å². The molecule has 0 aromatic carbocycles. The standard InChI is InChI=1S/C10H15F3N2OS/c1-2-7(14)8-5-17-9(15-8)3-4-16-6-10(11,12)13/h5,7H,2-4,6,14H2,1H3. The van der Waals surface area contributed by atoms with Gasteiger partial charge in [0, 0.05) is 17.8 Å². The lowest BCUT2D eigenvalue weighted by Crippen LogP contribution is -2.18. The topological polar surface area (TPSA) is 48.1 Å². The molecule has 1 aromatic heterocycles. The number of alkyl halides is 3. The summed E-state index contributed by atoms with van der Waals surface area (Å²) in [6.45, 7) is 0.768. The van der Waals surface area contributed by atoms with Gasteiger partial charge in [-0.25, -0.2) is 4.98 Å². The summed E-state index contributed by atoms with van der Waals surface area (Å²) >= 11 is 1.40. The minimum absolute atomic E-state index is 0.0217. The summed E-state index contributed by atoms with van der Waals surface area (Å²) in [6.07, 6.45) is -3.09. The van der Waals surface area contributed by atoms with Crippen LogP contribution in [0, 0.1) is 0 Å². The lowest BCUT2D eigenvalue weighted by molar-refractivity contribution is -0.173. The van der Waals surface area contributed by atoms with Crippen molar-refractivity contribution >= 4 is 11.3 Å². The molecule has 0 saturated heterocycles. The first kappa shape index (κ1) is 14.4. The second-order valence-corrected chi connectivity index (χ2v) is 4.54. The van der Waals surface area contributed by atoms with Gasteiger partial charge in [-0.3, -0.25) is 0 Å². The fourth-order valence-electron chi connectivity index (χ4n) is 1.17. The van der Waals surface area contributed by atoms with Crippen LogP contribution in [0.5, 0.6) is 0 Å². The molecule has 98 valence electrons. The Morgan fingerprint density at radius 2 is 2.24 bits per heavy atom. The molecular weight excluding hydrogens is 253 g/mol. The molecule has 1 rings (SSSR count). The smallest absolute Gasteiger partial charge is 0.372 e. The summed E-state index contributed by atoms with van der Waals surface area (Å²) in [5.41, 5.74) is 6.58. The summed E-state index contributed by atoms with van der Waals surface area (Å²) in [4.78, 5) is 4.25. The van der Waals surface area contributed by atoms with E-state index in [9.17, 15) is 13.2 Å². The van der Waals surface area contributed by atoms with Gasteiger partial charge >= 0.3 is 6.18 Å². The highest BCUT2D eigenvalue weighted by atomic mass is 32.1. The van der Waals surface area contributed by atoms with Gasteiger partial charge in [0.2, 0.25) is 0 Å². The maximum Gasteiger partial charge on any atom is 0.411 e. The average molecular weight is 268 g/mol. The third kappa shape index (κ3) is 5.47. The summed E-state index contributed by atoms with van der Waals surface area (Å²) in [5, 5.41) is 2.60. The molecule has 1 aromatic rings. The zero-order chi connectivity index (χ0) is 12.9. The van der Waals surface area contributed by atoms with Crippen LogP contribution in [-0.4, -0.2) is 24.4 Å². The third-order valence-electron chi connectivity index (χ3n) is 2.12. The molecule has 0 bridgehead atoms. The molecule has 2 N–H and O–H groups in total. The Balaban J connectivity index is 2.30. The zero-order valence-corrected chi connectivity index (χ0v) is 10.3. The summed E-state index contributed by atoms with van der Waals surface area (Å²) in [7, 11) is 0. The first-order valence-electron chi connectivity index (χ1n) is 5.26. The van der Waals surface area contributed by atoms with Gasteiger partial charge in [-0.15, -0.1) is 11.3 Å². The number of halogens is 3. The third-order valence-corrected chi connectivity index (χ3v) is 3.04. The maximum atomic E-state index is 11.8. The van der Waals surface area contributed by atoms with E-state index in [1.54, 1.807) is 0 Å². The molecule has 3 nitrogen and oxygen atoms in total. The molecule has 0 aliphatic carbocycles. The average Bonchev–Trinajstić information content (AvgIpc) is 2.70. The van der Waals surface area contributed by atoms with Crippen LogP contribution in [0.4, 0.5) is 13.2 Å². The molecule has 0 spiro atoms. The molecule has 0 aliphatic rings. The number of aromatic nitrogens is 1. The second kappa shape index (κ2) is 6.32. The van der Waals surface area contributed by atoms with E-state index in [1.165, 1.54) is 11.3 Å². The van der Waals surface area contributed by atoms with E-state index in [4.69, 9.17) is 5.73 Å². The van der Waals surface area contributed by atoms with Crippen LogP contribution in [-0.2, 0) is 11.2 Å². The minimum Gasteiger partial charge on any atom is -0.372 e. The molecule has 17 heavy (non-hydrogen) atoms. The SMILES string of the molecule is CCC(N)c1csc(CCOCC(F)(F)F)n1. The maximum absolute atomic E-state index is 11.8. The first-order chi connectivity index (χ1) is 7.92. The van der Waals surface area contributed by atoms with Gasteiger partial charge < -0.3 is 10.5 Å². The highest BCUT2D eigenvalue weighted by Crippen LogP contribution is 2.18. The van der Waals surface area contributed by atoms with E-state index in [0.29, 0.717) is 6.42 Å². The summed E-state index contributed by atoms with van der Waals surface area (Å²) in [6, 6.07) is -0.101. The van der Waals surface area contributed by atoms with Crippen molar-refractivity contribution < 1.29 is 17.9 Å². The lowest BCUT2D eigenvalue weighted by Gasteiger charge is -2.06. The number of nitrogens with zero attached hydrogens (tertiary/aromatic N) is 1. The Morgan fingerprint density at radius 1 is 1.53 bits per heavy atom. The summed E-state index contributed by atoms with van der Waals surface area (Å²) < 4.78 is 39.9. The van der Waals surface area contributed by atoms with Crippen LogP contribution in [0.15, 0.2) is 5.38 Å². The number of ether oxygens (including phenoxy) is 1. The van der Waals surface area contributed by atoms with Gasteiger partial charge in [-0.1, -0.05) is 6.92 Å². The molecule has 1 atom stereocenters. The predicted octanol–water partition coefficient (Wildman–Crippen LogP) is 2.67. The first-order valence-corrected chi connectivity index (χ1v) is 6.14. The molecule has 0 amide bonds. The molecule has 0 radical (unpaired) electrons. The van der Waals surface area contributed by atoms with Crippen molar-refractivity contribution in [3.63, 3.8) is 0 Å². The van der Waals surface area contributed by atoms with Gasteiger partial charge in [-0.05, 0) is 6.42 Å². The molecule has 1 heterocycles.